The van der Waals surface area contributed by atoms with E-state index in [0.29, 0.717) is 12.5 Å². The van der Waals surface area contributed by atoms with Gasteiger partial charge < -0.3 is 14.5 Å². The maximum atomic E-state index is 12.8. The summed E-state index contributed by atoms with van der Waals surface area (Å²) in [5.74, 6) is 2.97. The van der Waals surface area contributed by atoms with Gasteiger partial charge in [0.15, 0.2) is 0 Å². The van der Waals surface area contributed by atoms with E-state index in [0.717, 1.165) is 56.9 Å². The summed E-state index contributed by atoms with van der Waals surface area (Å²) in [6.45, 7) is 6.33. The number of hydrogen-bond acceptors (Lipinski definition) is 4. The first kappa shape index (κ1) is 18.6. The monoisotopic (exact) mass is 371 g/mol. The molecule has 1 aromatic rings. The highest BCUT2D eigenvalue weighted by Gasteiger charge is 2.32. The van der Waals surface area contributed by atoms with E-state index in [1.807, 2.05) is 12.1 Å². The third-order valence-electron chi connectivity index (χ3n) is 6.80. The van der Waals surface area contributed by atoms with Crippen molar-refractivity contribution in [3.05, 3.63) is 24.3 Å². The standard InChI is InChI=1S/C22H33N3O2/c1-27-21-8-6-20(7-9-21)24-12-14-25(15-13-24)22(26)17-23-11-10-18-4-2-3-5-19(18)16-23/h6-9,18-19H,2-5,10-17H2,1H3/t18-,19+/m0/s1. The van der Waals surface area contributed by atoms with Crippen molar-refractivity contribution >= 4 is 11.6 Å². The molecule has 0 N–H and O–H groups in total. The molecule has 1 aliphatic carbocycles. The number of hydrogen-bond donors (Lipinski definition) is 0. The van der Waals surface area contributed by atoms with E-state index in [1.165, 1.54) is 37.8 Å². The van der Waals surface area contributed by atoms with Gasteiger partial charge >= 0.3 is 0 Å². The summed E-state index contributed by atoms with van der Waals surface area (Å²) in [4.78, 5) is 19.6. The largest absolute Gasteiger partial charge is 0.497 e. The highest BCUT2D eigenvalue weighted by atomic mass is 16.5. The van der Waals surface area contributed by atoms with E-state index in [1.54, 1.807) is 7.11 Å². The Morgan fingerprint density at radius 2 is 1.67 bits per heavy atom. The number of methoxy groups -OCH3 is 1. The number of benzene rings is 1. The second-order valence-corrected chi connectivity index (χ2v) is 8.39. The quantitative estimate of drug-likeness (QED) is 0.815. The van der Waals surface area contributed by atoms with Crippen molar-refractivity contribution in [2.24, 2.45) is 11.8 Å². The lowest BCUT2D eigenvalue weighted by molar-refractivity contribution is -0.133. The van der Waals surface area contributed by atoms with E-state index in [-0.39, 0.29) is 0 Å². The van der Waals surface area contributed by atoms with Crippen molar-refractivity contribution in [1.29, 1.82) is 0 Å². The Hall–Kier alpha value is -1.75. The minimum atomic E-state index is 0.318. The van der Waals surface area contributed by atoms with Gasteiger partial charge in [0.2, 0.25) is 5.91 Å². The molecule has 0 aromatic heterocycles. The highest BCUT2D eigenvalue weighted by Crippen LogP contribution is 2.36. The molecule has 148 valence electrons. The molecule has 0 bridgehead atoms. The zero-order valence-corrected chi connectivity index (χ0v) is 16.6. The molecule has 2 atom stereocenters. The molecule has 2 aliphatic heterocycles. The molecule has 3 fully saturated rings. The van der Waals surface area contributed by atoms with Gasteiger partial charge in [-0.05, 0) is 55.5 Å². The second kappa shape index (κ2) is 8.51. The van der Waals surface area contributed by atoms with Crippen molar-refractivity contribution in [3.8, 4) is 5.75 Å². The lowest BCUT2D eigenvalue weighted by atomic mass is 9.75. The molecule has 2 heterocycles. The Balaban J connectivity index is 1.24. The third kappa shape index (κ3) is 4.40. The Bertz CT molecular complexity index is 625. The Labute approximate surface area is 163 Å². The molecule has 1 saturated carbocycles. The zero-order chi connectivity index (χ0) is 18.6. The Morgan fingerprint density at radius 1 is 0.963 bits per heavy atom. The molecule has 2 saturated heterocycles. The van der Waals surface area contributed by atoms with Crippen LogP contribution in [0.5, 0.6) is 5.75 Å². The summed E-state index contributed by atoms with van der Waals surface area (Å²) >= 11 is 0. The Kier molecular flexibility index (Phi) is 5.86. The lowest BCUT2D eigenvalue weighted by Gasteiger charge is -2.42. The number of amides is 1. The number of nitrogens with zero attached hydrogens (tertiary/aromatic N) is 3. The highest BCUT2D eigenvalue weighted by molar-refractivity contribution is 5.78. The number of anilines is 1. The molecule has 5 heteroatoms. The molecule has 0 unspecified atom stereocenters. The molecular formula is C22H33N3O2. The van der Waals surface area contributed by atoms with Crippen molar-refractivity contribution in [2.75, 3.05) is 57.8 Å². The molecule has 0 spiro atoms. The van der Waals surface area contributed by atoms with Crippen molar-refractivity contribution in [3.63, 3.8) is 0 Å². The summed E-state index contributed by atoms with van der Waals surface area (Å²) in [6, 6.07) is 8.21. The molecule has 0 radical (unpaired) electrons. The topological polar surface area (TPSA) is 36.0 Å². The van der Waals surface area contributed by atoms with Crippen LogP contribution in [-0.2, 0) is 4.79 Å². The van der Waals surface area contributed by atoms with Gasteiger partial charge in [-0.3, -0.25) is 9.69 Å². The summed E-state index contributed by atoms with van der Waals surface area (Å²) < 4.78 is 5.23. The SMILES string of the molecule is COc1ccc(N2CCN(C(=O)CN3CC[C@@H]4CCCC[C@@H]4C3)CC2)cc1. The average Bonchev–Trinajstić information content (AvgIpc) is 2.74. The first-order valence-corrected chi connectivity index (χ1v) is 10.6. The molecule has 3 aliphatic rings. The van der Waals surface area contributed by atoms with Crippen LogP contribution < -0.4 is 9.64 Å². The second-order valence-electron chi connectivity index (χ2n) is 8.39. The summed E-state index contributed by atoms with van der Waals surface area (Å²) in [7, 11) is 1.69. The predicted octanol–water partition coefficient (Wildman–Crippen LogP) is 2.86. The van der Waals surface area contributed by atoms with Gasteiger partial charge in [-0.1, -0.05) is 19.3 Å². The molecule has 1 aromatic carbocycles. The molecule has 27 heavy (non-hydrogen) atoms. The zero-order valence-electron chi connectivity index (χ0n) is 16.6. The molecule has 4 rings (SSSR count). The number of carbonyl (C=O) groups excluding carboxylic acids is 1. The molecule has 1 amide bonds. The van der Waals surface area contributed by atoms with Crippen LogP contribution in [0.3, 0.4) is 0 Å². The van der Waals surface area contributed by atoms with Crippen LogP contribution in [-0.4, -0.2) is 68.6 Å². The van der Waals surface area contributed by atoms with Crippen LogP contribution in [0, 0.1) is 11.8 Å². The minimum Gasteiger partial charge on any atom is -0.497 e. The van der Waals surface area contributed by atoms with Crippen LogP contribution in [0.1, 0.15) is 32.1 Å². The maximum absolute atomic E-state index is 12.8. The fourth-order valence-corrected chi connectivity index (χ4v) is 5.12. The normalized spacial score (nSPS) is 26.6. The number of rotatable bonds is 4. The third-order valence-corrected chi connectivity index (χ3v) is 6.80. The number of carbonyl (C=O) groups is 1. The van der Waals surface area contributed by atoms with Gasteiger partial charge in [0, 0.05) is 38.4 Å². The van der Waals surface area contributed by atoms with Crippen LogP contribution in [0.4, 0.5) is 5.69 Å². The number of fused-ring (bicyclic) bond motifs is 1. The fourth-order valence-electron chi connectivity index (χ4n) is 5.12. The maximum Gasteiger partial charge on any atom is 0.236 e. The Morgan fingerprint density at radius 3 is 2.37 bits per heavy atom. The van der Waals surface area contributed by atoms with Crippen molar-refractivity contribution in [2.45, 2.75) is 32.1 Å². The number of ether oxygens (including phenoxy) is 1. The number of piperazine rings is 1. The van der Waals surface area contributed by atoms with Gasteiger partial charge in [-0.2, -0.15) is 0 Å². The fraction of sp³-hybridized carbons (Fsp3) is 0.682. The van der Waals surface area contributed by atoms with Crippen LogP contribution >= 0.6 is 0 Å². The van der Waals surface area contributed by atoms with E-state index < -0.39 is 0 Å². The molecule has 5 nitrogen and oxygen atoms in total. The smallest absolute Gasteiger partial charge is 0.236 e. The van der Waals surface area contributed by atoms with Crippen molar-refractivity contribution < 1.29 is 9.53 Å². The molecular weight excluding hydrogens is 338 g/mol. The lowest BCUT2D eigenvalue weighted by Crippen LogP contribution is -2.52. The van der Waals surface area contributed by atoms with Gasteiger partial charge in [0.25, 0.3) is 0 Å². The van der Waals surface area contributed by atoms with E-state index in [2.05, 4.69) is 26.8 Å². The van der Waals surface area contributed by atoms with Gasteiger partial charge in [0.05, 0.1) is 13.7 Å². The van der Waals surface area contributed by atoms with Crippen LogP contribution in [0.15, 0.2) is 24.3 Å². The van der Waals surface area contributed by atoms with E-state index >= 15 is 0 Å². The summed E-state index contributed by atoms with van der Waals surface area (Å²) in [5.41, 5.74) is 1.21. The van der Waals surface area contributed by atoms with Gasteiger partial charge in [0.1, 0.15) is 5.75 Å². The first-order chi connectivity index (χ1) is 13.2. The summed E-state index contributed by atoms with van der Waals surface area (Å²) in [5, 5.41) is 0. The van der Waals surface area contributed by atoms with E-state index in [4.69, 9.17) is 4.74 Å². The number of likely N-dealkylation sites (tertiary alicyclic amines) is 1. The van der Waals surface area contributed by atoms with Gasteiger partial charge in [-0.15, -0.1) is 0 Å². The predicted molar refractivity (Wildman–Crippen MR) is 108 cm³/mol. The average molecular weight is 372 g/mol. The van der Waals surface area contributed by atoms with Crippen LogP contribution in [0.25, 0.3) is 0 Å². The minimum absolute atomic E-state index is 0.318. The van der Waals surface area contributed by atoms with Gasteiger partial charge in [-0.25, -0.2) is 0 Å². The van der Waals surface area contributed by atoms with Crippen molar-refractivity contribution in [1.82, 2.24) is 9.80 Å². The first-order valence-electron chi connectivity index (χ1n) is 10.6. The summed E-state index contributed by atoms with van der Waals surface area (Å²) in [6.07, 6.45) is 6.88. The number of piperidine rings is 1. The van der Waals surface area contributed by atoms with E-state index in [9.17, 15) is 4.79 Å². The van der Waals surface area contributed by atoms with Crippen LogP contribution in [0.2, 0.25) is 0 Å².